The van der Waals surface area contributed by atoms with Crippen molar-refractivity contribution >= 4 is 11.8 Å². The first-order valence-corrected chi connectivity index (χ1v) is 7.22. The van der Waals surface area contributed by atoms with Crippen LogP contribution in [0.25, 0.3) is 0 Å². The first kappa shape index (κ1) is 14.4. The van der Waals surface area contributed by atoms with Gasteiger partial charge in [-0.15, -0.1) is 0 Å². The molecule has 2 fully saturated rings. The molecule has 0 aromatic rings. The van der Waals surface area contributed by atoms with E-state index in [2.05, 4.69) is 19.2 Å². The van der Waals surface area contributed by atoms with Crippen LogP contribution in [0.15, 0.2) is 0 Å². The minimum atomic E-state index is -0.404. The van der Waals surface area contributed by atoms with Crippen LogP contribution in [0.5, 0.6) is 0 Å². The van der Waals surface area contributed by atoms with Gasteiger partial charge >= 0.3 is 0 Å². The van der Waals surface area contributed by atoms with Crippen LogP contribution in [0.4, 0.5) is 0 Å². The molecule has 0 aromatic heterocycles. The summed E-state index contributed by atoms with van der Waals surface area (Å²) in [5.41, 5.74) is -0.0914. The molecule has 1 saturated carbocycles. The summed E-state index contributed by atoms with van der Waals surface area (Å²) < 4.78 is 0. The summed E-state index contributed by atoms with van der Waals surface area (Å²) >= 11 is 0. The van der Waals surface area contributed by atoms with Gasteiger partial charge in [0.15, 0.2) is 0 Å². The van der Waals surface area contributed by atoms with Crippen molar-refractivity contribution in [2.75, 3.05) is 0 Å². The molecule has 1 heterocycles. The summed E-state index contributed by atoms with van der Waals surface area (Å²) in [7, 11) is 0. The number of amides is 2. The molecule has 108 valence electrons. The predicted octanol–water partition coefficient (Wildman–Crippen LogP) is 1.94. The molecule has 4 nitrogen and oxygen atoms in total. The summed E-state index contributed by atoms with van der Waals surface area (Å²) in [5, 5.41) is 2.92. The molecule has 0 aromatic carbocycles. The zero-order valence-electron chi connectivity index (χ0n) is 12.9. The smallest absolute Gasteiger partial charge is 0.246 e. The Labute approximate surface area is 115 Å². The third-order valence-corrected chi connectivity index (χ3v) is 4.48. The van der Waals surface area contributed by atoms with Gasteiger partial charge in [0.2, 0.25) is 11.8 Å². The summed E-state index contributed by atoms with van der Waals surface area (Å²) in [5.74, 6) is 0.0965. The molecule has 2 rings (SSSR count). The Balaban J connectivity index is 2.31. The minimum absolute atomic E-state index is 0.00437. The van der Waals surface area contributed by atoms with E-state index in [1.807, 2.05) is 32.6 Å². The summed E-state index contributed by atoms with van der Waals surface area (Å²) in [6.07, 6.45) is 1.68. The van der Waals surface area contributed by atoms with Gasteiger partial charge in [0.1, 0.15) is 12.1 Å². The van der Waals surface area contributed by atoms with Gasteiger partial charge in [0, 0.05) is 6.04 Å². The van der Waals surface area contributed by atoms with Crippen LogP contribution in [0.1, 0.15) is 54.4 Å². The molecule has 1 aliphatic carbocycles. The molecule has 0 radical (unpaired) electrons. The molecule has 1 aliphatic heterocycles. The summed E-state index contributed by atoms with van der Waals surface area (Å²) in [6.45, 7) is 12.3. The van der Waals surface area contributed by atoms with Crippen molar-refractivity contribution in [1.29, 1.82) is 0 Å². The second-order valence-corrected chi connectivity index (χ2v) is 7.69. The van der Waals surface area contributed by atoms with Crippen molar-refractivity contribution in [2.45, 2.75) is 72.5 Å². The van der Waals surface area contributed by atoms with E-state index in [1.54, 1.807) is 0 Å². The van der Waals surface area contributed by atoms with Crippen molar-refractivity contribution in [3.63, 3.8) is 0 Å². The Morgan fingerprint density at radius 2 is 1.84 bits per heavy atom. The van der Waals surface area contributed by atoms with Crippen LogP contribution in [-0.4, -0.2) is 34.8 Å². The molecule has 0 spiro atoms. The molecular formula is C15H26N2O2. The topological polar surface area (TPSA) is 49.4 Å². The molecule has 1 saturated heterocycles. The van der Waals surface area contributed by atoms with Gasteiger partial charge in [-0.2, -0.15) is 0 Å². The number of hydrogen-bond acceptors (Lipinski definition) is 2. The van der Waals surface area contributed by atoms with E-state index in [0.717, 1.165) is 6.42 Å². The molecule has 19 heavy (non-hydrogen) atoms. The largest absolute Gasteiger partial charge is 0.342 e. The number of hydrogen-bond donors (Lipinski definition) is 1. The highest BCUT2D eigenvalue weighted by Crippen LogP contribution is 2.50. The van der Waals surface area contributed by atoms with E-state index in [4.69, 9.17) is 0 Å². The molecular weight excluding hydrogens is 240 g/mol. The van der Waals surface area contributed by atoms with Crippen LogP contribution >= 0.6 is 0 Å². The standard InChI is InChI=1S/C15H26N2O2/c1-7-9-12(18)16-11(14(2,3)4)13(19)17(9)10-8-15(10,5)6/h9-11H,7-8H2,1-6H3,(H,16,18). The maximum Gasteiger partial charge on any atom is 0.246 e. The predicted molar refractivity (Wildman–Crippen MR) is 74.5 cm³/mol. The second-order valence-electron chi connectivity index (χ2n) is 7.69. The Kier molecular flexibility index (Phi) is 3.19. The van der Waals surface area contributed by atoms with Gasteiger partial charge in [-0.1, -0.05) is 41.5 Å². The Bertz CT molecular complexity index is 409. The van der Waals surface area contributed by atoms with E-state index in [0.29, 0.717) is 6.42 Å². The quantitative estimate of drug-likeness (QED) is 0.830. The van der Waals surface area contributed by atoms with Crippen molar-refractivity contribution in [1.82, 2.24) is 10.2 Å². The highest BCUT2D eigenvalue weighted by atomic mass is 16.2. The van der Waals surface area contributed by atoms with E-state index in [1.165, 1.54) is 0 Å². The first-order valence-electron chi connectivity index (χ1n) is 7.22. The highest BCUT2D eigenvalue weighted by molar-refractivity contribution is 5.97. The Hall–Kier alpha value is -1.06. The van der Waals surface area contributed by atoms with Gasteiger partial charge < -0.3 is 10.2 Å². The van der Waals surface area contributed by atoms with Gasteiger partial charge in [-0.25, -0.2) is 0 Å². The molecule has 2 amide bonds. The third-order valence-electron chi connectivity index (χ3n) is 4.48. The maximum absolute atomic E-state index is 12.8. The molecule has 4 heteroatoms. The van der Waals surface area contributed by atoms with E-state index in [9.17, 15) is 9.59 Å². The van der Waals surface area contributed by atoms with Crippen molar-refractivity contribution < 1.29 is 9.59 Å². The summed E-state index contributed by atoms with van der Waals surface area (Å²) in [6, 6.07) is -0.474. The lowest BCUT2D eigenvalue weighted by atomic mass is 9.83. The van der Waals surface area contributed by atoms with Crippen molar-refractivity contribution in [3.05, 3.63) is 0 Å². The van der Waals surface area contributed by atoms with Gasteiger partial charge in [-0.3, -0.25) is 9.59 Å². The highest BCUT2D eigenvalue weighted by Gasteiger charge is 2.57. The normalized spacial score (nSPS) is 34.2. The Morgan fingerprint density at radius 1 is 1.32 bits per heavy atom. The molecule has 3 atom stereocenters. The lowest BCUT2D eigenvalue weighted by Crippen LogP contribution is -2.67. The van der Waals surface area contributed by atoms with Crippen LogP contribution in [0.2, 0.25) is 0 Å². The van der Waals surface area contributed by atoms with E-state index < -0.39 is 6.04 Å². The minimum Gasteiger partial charge on any atom is -0.342 e. The second kappa shape index (κ2) is 4.22. The molecule has 1 N–H and O–H groups in total. The van der Waals surface area contributed by atoms with Crippen molar-refractivity contribution in [2.24, 2.45) is 10.8 Å². The zero-order valence-corrected chi connectivity index (χ0v) is 12.9. The van der Waals surface area contributed by atoms with E-state index >= 15 is 0 Å². The third kappa shape index (κ3) is 2.37. The number of piperazine rings is 1. The molecule has 2 aliphatic rings. The first-order chi connectivity index (χ1) is 8.59. The number of carbonyl (C=O) groups is 2. The lowest BCUT2D eigenvalue weighted by Gasteiger charge is -2.44. The zero-order chi connectivity index (χ0) is 14.6. The average Bonchev–Trinajstić information content (AvgIpc) is 2.87. The average molecular weight is 266 g/mol. The van der Waals surface area contributed by atoms with E-state index in [-0.39, 0.29) is 34.7 Å². The Morgan fingerprint density at radius 3 is 2.21 bits per heavy atom. The monoisotopic (exact) mass is 266 g/mol. The summed E-state index contributed by atoms with van der Waals surface area (Å²) in [4.78, 5) is 26.9. The number of carbonyl (C=O) groups excluding carboxylic acids is 2. The van der Waals surface area contributed by atoms with Crippen LogP contribution < -0.4 is 5.32 Å². The van der Waals surface area contributed by atoms with Crippen molar-refractivity contribution in [3.8, 4) is 0 Å². The number of nitrogens with zero attached hydrogens (tertiary/aromatic N) is 1. The van der Waals surface area contributed by atoms with Gasteiger partial charge in [0.25, 0.3) is 0 Å². The SMILES string of the molecule is CCC1C(=O)NC(C(C)(C)C)C(=O)N1C1CC1(C)C. The number of rotatable bonds is 2. The van der Waals surface area contributed by atoms with Gasteiger partial charge in [0.05, 0.1) is 0 Å². The lowest BCUT2D eigenvalue weighted by molar-refractivity contribution is -0.153. The molecule has 0 bridgehead atoms. The maximum atomic E-state index is 12.8. The number of nitrogens with one attached hydrogen (secondary N) is 1. The van der Waals surface area contributed by atoms with Gasteiger partial charge in [-0.05, 0) is 23.7 Å². The fourth-order valence-corrected chi connectivity index (χ4v) is 2.98. The van der Waals surface area contributed by atoms with Crippen LogP contribution in [0, 0.1) is 10.8 Å². The van der Waals surface area contributed by atoms with Crippen LogP contribution in [0.3, 0.4) is 0 Å². The molecule has 3 unspecified atom stereocenters. The fraction of sp³-hybridized carbons (Fsp3) is 0.867. The fourth-order valence-electron chi connectivity index (χ4n) is 2.98. The van der Waals surface area contributed by atoms with Crippen LogP contribution in [-0.2, 0) is 9.59 Å².